The first-order valence-corrected chi connectivity index (χ1v) is 7.75. The number of hydrogen-bond donors (Lipinski definition) is 1. The Bertz CT molecular complexity index is 804. The lowest BCUT2D eigenvalue weighted by Crippen LogP contribution is -2.22. The number of hydrogen-bond acceptors (Lipinski definition) is 2. The zero-order valence-electron chi connectivity index (χ0n) is 13.1. The summed E-state index contributed by atoms with van der Waals surface area (Å²) in [5.41, 5.74) is 1.75. The summed E-state index contributed by atoms with van der Waals surface area (Å²) in [5.74, 6) is 0.694. The fourth-order valence-electron chi connectivity index (χ4n) is 2.59. The van der Waals surface area contributed by atoms with Crippen LogP contribution < -0.4 is 10.1 Å². The van der Waals surface area contributed by atoms with Crippen LogP contribution >= 0.6 is 0 Å². The number of rotatable bonds is 5. The van der Waals surface area contributed by atoms with E-state index in [4.69, 9.17) is 4.74 Å². The number of benzene rings is 3. The number of fused-ring (bicyclic) bond motifs is 1. The molecule has 0 aliphatic rings. The second-order valence-corrected chi connectivity index (χ2v) is 5.28. The molecule has 0 fully saturated rings. The van der Waals surface area contributed by atoms with Gasteiger partial charge in [0, 0.05) is 12.1 Å². The first-order chi connectivity index (χ1) is 11.3. The minimum Gasteiger partial charge on any atom is -0.494 e. The Labute approximate surface area is 135 Å². The maximum Gasteiger partial charge on any atom is 0.251 e. The molecule has 0 aliphatic carbocycles. The van der Waals surface area contributed by atoms with Crippen molar-refractivity contribution < 1.29 is 9.53 Å². The molecule has 0 bridgehead atoms. The van der Waals surface area contributed by atoms with Gasteiger partial charge in [-0.15, -0.1) is 0 Å². The van der Waals surface area contributed by atoms with E-state index in [2.05, 4.69) is 23.5 Å². The van der Waals surface area contributed by atoms with Crippen molar-refractivity contribution in [3.63, 3.8) is 0 Å². The number of carbonyl (C=O) groups is 1. The minimum absolute atomic E-state index is 0.0824. The highest BCUT2D eigenvalue weighted by Crippen LogP contribution is 2.18. The van der Waals surface area contributed by atoms with Gasteiger partial charge in [0.2, 0.25) is 0 Å². The lowest BCUT2D eigenvalue weighted by molar-refractivity contribution is 0.0951. The van der Waals surface area contributed by atoms with E-state index >= 15 is 0 Å². The van der Waals surface area contributed by atoms with Crippen LogP contribution in [0, 0.1) is 0 Å². The Morgan fingerprint density at radius 3 is 2.48 bits per heavy atom. The fourth-order valence-corrected chi connectivity index (χ4v) is 2.59. The molecule has 23 heavy (non-hydrogen) atoms. The van der Waals surface area contributed by atoms with Crippen LogP contribution in [-0.2, 0) is 6.54 Å². The second-order valence-electron chi connectivity index (χ2n) is 5.28. The van der Waals surface area contributed by atoms with Crippen molar-refractivity contribution in [2.75, 3.05) is 6.61 Å². The Morgan fingerprint density at radius 1 is 0.957 bits per heavy atom. The number of amides is 1. The van der Waals surface area contributed by atoms with Gasteiger partial charge >= 0.3 is 0 Å². The Balaban J connectivity index is 1.70. The van der Waals surface area contributed by atoms with Crippen LogP contribution in [0.25, 0.3) is 10.8 Å². The van der Waals surface area contributed by atoms with Crippen molar-refractivity contribution in [1.82, 2.24) is 5.32 Å². The monoisotopic (exact) mass is 305 g/mol. The molecule has 3 nitrogen and oxygen atoms in total. The molecule has 0 atom stereocenters. The number of nitrogens with one attached hydrogen (secondary N) is 1. The molecule has 0 aromatic heterocycles. The molecule has 3 aromatic carbocycles. The molecule has 0 unspecified atom stereocenters. The van der Waals surface area contributed by atoms with Crippen LogP contribution in [0.5, 0.6) is 5.75 Å². The fraction of sp³-hybridized carbons (Fsp3) is 0.150. The summed E-state index contributed by atoms with van der Waals surface area (Å²) >= 11 is 0. The molecule has 1 amide bonds. The third-order valence-electron chi connectivity index (χ3n) is 3.75. The summed E-state index contributed by atoms with van der Waals surface area (Å²) < 4.78 is 5.39. The third kappa shape index (κ3) is 3.51. The first-order valence-electron chi connectivity index (χ1n) is 7.75. The topological polar surface area (TPSA) is 38.3 Å². The van der Waals surface area contributed by atoms with Gasteiger partial charge in [0.15, 0.2) is 0 Å². The molecule has 1 N–H and O–H groups in total. The summed E-state index contributed by atoms with van der Waals surface area (Å²) in [5, 5.41) is 5.33. The molecular weight excluding hydrogens is 286 g/mol. The lowest BCUT2D eigenvalue weighted by Gasteiger charge is -2.09. The van der Waals surface area contributed by atoms with Crippen LogP contribution in [0.2, 0.25) is 0 Å². The van der Waals surface area contributed by atoms with Crippen LogP contribution in [0.4, 0.5) is 0 Å². The van der Waals surface area contributed by atoms with E-state index < -0.39 is 0 Å². The molecular formula is C20H19NO2. The standard InChI is InChI=1S/C20H19NO2/c1-2-23-18-12-10-16(11-13-18)20(22)21-14-17-8-5-7-15-6-3-4-9-19(15)17/h3-13H,2,14H2,1H3,(H,21,22). The van der Waals surface area contributed by atoms with Gasteiger partial charge in [-0.1, -0.05) is 42.5 Å². The molecule has 3 aromatic rings. The van der Waals surface area contributed by atoms with Crippen molar-refractivity contribution in [1.29, 1.82) is 0 Å². The van der Waals surface area contributed by atoms with Gasteiger partial charge in [-0.05, 0) is 47.5 Å². The van der Waals surface area contributed by atoms with Gasteiger partial charge in [-0.25, -0.2) is 0 Å². The van der Waals surface area contributed by atoms with Gasteiger partial charge in [0.1, 0.15) is 5.75 Å². The highest BCUT2D eigenvalue weighted by molar-refractivity contribution is 5.94. The van der Waals surface area contributed by atoms with E-state index in [0.29, 0.717) is 18.7 Å². The van der Waals surface area contributed by atoms with E-state index in [9.17, 15) is 4.79 Å². The van der Waals surface area contributed by atoms with Crippen molar-refractivity contribution in [3.05, 3.63) is 77.9 Å². The van der Waals surface area contributed by atoms with Crippen LogP contribution in [-0.4, -0.2) is 12.5 Å². The molecule has 0 aliphatic heterocycles. The van der Waals surface area contributed by atoms with Crippen molar-refractivity contribution >= 4 is 16.7 Å². The summed E-state index contributed by atoms with van der Waals surface area (Å²) in [6, 6.07) is 21.5. The average Bonchev–Trinajstić information content (AvgIpc) is 2.60. The van der Waals surface area contributed by atoms with Crippen molar-refractivity contribution in [3.8, 4) is 5.75 Å². The normalized spacial score (nSPS) is 10.5. The summed E-state index contributed by atoms with van der Waals surface area (Å²) in [6.07, 6.45) is 0. The molecule has 116 valence electrons. The van der Waals surface area contributed by atoms with E-state index in [-0.39, 0.29) is 5.91 Å². The molecule has 0 spiro atoms. The average molecular weight is 305 g/mol. The first kappa shape index (κ1) is 15.1. The smallest absolute Gasteiger partial charge is 0.251 e. The largest absolute Gasteiger partial charge is 0.494 e. The van der Waals surface area contributed by atoms with E-state index in [1.165, 1.54) is 10.8 Å². The molecule has 0 saturated heterocycles. The Morgan fingerprint density at radius 2 is 1.70 bits per heavy atom. The summed E-state index contributed by atoms with van der Waals surface area (Å²) in [6.45, 7) is 3.06. The van der Waals surface area contributed by atoms with E-state index in [1.54, 1.807) is 12.1 Å². The Kier molecular flexibility index (Phi) is 4.57. The zero-order valence-corrected chi connectivity index (χ0v) is 13.1. The number of carbonyl (C=O) groups excluding carboxylic acids is 1. The molecule has 0 radical (unpaired) electrons. The number of ether oxygens (including phenoxy) is 1. The van der Waals surface area contributed by atoms with Crippen molar-refractivity contribution in [2.24, 2.45) is 0 Å². The second kappa shape index (κ2) is 6.97. The highest BCUT2D eigenvalue weighted by atomic mass is 16.5. The molecule has 3 heteroatoms. The van der Waals surface area contributed by atoms with Crippen LogP contribution in [0.1, 0.15) is 22.8 Å². The van der Waals surface area contributed by atoms with Gasteiger partial charge in [0.05, 0.1) is 6.61 Å². The van der Waals surface area contributed by atoms with Crippen LogP contribution in [0.15, 0.2) is 66.7 Å². The van der Waals surface area contributed by atoms with E-state index in [1.807, 2.05) is 43.3 Å². The summed E-state index contributed by atoms with van der Waals surface area (Å²) in [7, 11) is 0. The predicted octanol–water partition coefficient (Wildman–Crippen LogP) is 4.17. The third-order valence-corrected chi connectivity index (χ3v) is 3.75. The van der Waals surface area contributed by atoms with E-state index in [0.717, 1.165) is 11.3 Å². The quantitative estimate of drug-likeness (QED) is 0.768. The van der Waals surface area contributed by atoms with Crippen molar-refractivity contribution in [2.45, 2.75) is 13.5 Å². The van der Waals surface area contributed by atoms with Gasteiger partial charge in [0.25, 0.3) is 5.91 Å². The predicted molar refractivity (Wildman–Crippen MR) is 92.7 cm³/mol. The Hall–Kier alpha value is -2.81. The zero-order chi connectivity index (χ0) is 16.1. The lowest BCUT2D eigenvalue weighted by atomic mass is 10.0. The minimum atomic E-state index is -0.0824. The maximum atomic E-state index is 12.3. The summed E-state index contributed by atoms with van der Waals surface area (Å²) in [4.78, 5) is 12.3. The van der Waals surface area contributed by atoms with Gasteiger partial charge in [-0.2, -0.15) is 0 Å². The SMILES string of the molecule is CCOc1ccc(C(=O)NCc2cccc3ccccc23)cc1. The molecule has 0 saturated carbocycles. The van der Waals surface area contributed by atoms with Crippen LogP contribution in [0.3, 0.4) is 0 Å². The van der Waals surface area contributed by atoms with Gasteiger partial charge < -0.3 is 10.1 Å². The highest BCUT2D eigenvalue weighted by Gasteiger charge is 2.07. The molecule has 0 heterocycles. The van der Waals surface area contributed by atoms with Gasteiger partial charge in [-0.3, -0.25) is 4.79 Å². The molecule has 3 rings (SSSR count). The maximum absolute atomic E-state index is 12.3.